The van der Waals surface area contributed by atoms with Gasteiger partial charge in [-0.3, -0.25) is 14.4 Å². The summed E-state index contributed by atoms with van der Waals surface area (Å²) in [6.07, 6.45) is 55.1. The Balaban J connectivity index is 4.28. The molecule has 374 valence electrons. The maximum absolute atomic E-state index is 12.8. The number of esters is 3. The Labute approximate surface area is 393 Å². The second-order valence-corrected chi connectivity index (χ2v) is 20.1. The second kappa shape index (κ2) is 51.4. The van der Waals surface area contributed by atoms with Gasteiger partial charge >= 0.3 is 17.9 Å². The van der Waals surface area contributed by atoms with E-state index >= 15 is 0 Å². The van der Waals surface area contributed by atoms with E-state index in [1.807, 2.05) is 0 Å². The summed E-state index contributed by atoms with van der Waals surface area (Å²) in [6, 6.07) is 0. The summed E-state index contributed by atoms with van der Waals surface area (Å²) in [5.74, 6) is 0.00336. The lowest BCUT2D eigenvalue weighted by Gasteiger charge is -2.18. The Morgan fingerprint density at radius 3 is 0.778 bits per heavy atom. The Hall–Kier alpha value is -1.59. The highest BCUT2D eigenvalue weighted by molar-refractivity contribution is 5.71. The first kappa shape index (κ1) is 61.4. The van der Waals surface area contributed by atoms with Crippen molar-refractivity contribution < 1.29 is 28.6 Å². The van der Waals surface area contributed by atoms with Gasteiger partial charge in [-0.05, 0) is 25.2 Å². The molecule has 0 unspecified atom stereocenters. The van der Waals surface area contributed by atoms with E-state index in [0.717, 1.165) is 63.7 Å². The quantitative estimate of drug-likeness (QED) is 0.0344. The van der Waals surface area contributed by atoms with E-state index in [1.54, 1.807) is 0 Å². The fraction of sp³-hybridized carbons (Fsp3) is 0.947. The van der Waals surface area contributed by atoms with E-state index in [-0.39, 0.29) is 31.1 Å². The van der Waals surface area contributed by atoms with Crippen molar-refractivity contribution in [3.05, 3.63) is 0 Å². The number of carbonyl (C=O) groups is 3. The van der Waals surface area contributed by atoms with E-state index in [1.165, 1.54) is 218 Å². The fourth-order valence-corrected chi connectivity index (χ4v) is 8.75. The minimum atomic E-state index is -0.761. The van der Waals surface area contributed by atoms with E-state index in [9.17, 15) is 14.4 Å². The smallest absolute Gasteiger partial charge is 0.306 e. The molecule has 0 saturated carbocycles. The first-order valence-corrected chi connectivity index (χ1v) is 28.4. The largest absolute Gasteiger partial charge is 0.462 e. The number of unbranched alkanes of at least 4 members (excludes halogenated alkanes) is 39. The van der Waals surface area contributed by atoms with Crippen LogP contribution in [0.5, 0.6) is 0 Å². The van der Waals surface area contributed by atoms with Crippen molar-refractivity contribution in [1.29, 1.82) is 0 Å². The molecule has 0 aromatic rings. The molecule has 63 heavy (non-hydrogen) atoms. The van der Waals surface area contributed by atoms with Crippen LogP contribution in [-0.4, -0.2) is 37.2 Å². The van der Waals surface area contributed by atoms with Crippen LogP contribution in [0.3, 0.4) is 0 Å². The SMILES string of the molecule is CCCCCCCCCCCCCCCCCCC(=O)OC[C@H](COC(=O)CCCCCCCCCCCCCCCC(C)C)OC(=O)CCCCCCCCCCCCCCC. The van der Waals surface area contributed by atoms with E-state index in [0.29, 0.717) is 19.3 Å². The van der Waals surface area contributed by atoms with Gasteiger partial charge in [0.1, 0.15) is 13.2 Å². The van der Waals surface area contributed by atoms with E-state index in [2.05, 4.69) is 27.7 Å². The van der Waals surface area contributed by atoms with Gasteiger partial charge in [-0.15, -0.1) is 0 Å². The monoisotopic (exact) mass is 891 g/mol. The van der Waals surface area contributed by atoms with Crippen LogP contribution in [0.2, 0.25) is 0 Å². The van der Waals surface area contributed by atoms with Crippen LogP contribution in [0.25, 0.3) is 0 Å². The molecular weight excluding hydrogens is 781 g/mol. The molecule has 0 radical (unpaired) electrons. The van der Waals surface area contributed by atoms with Gasteiger partial charge in [0.2, 0.25) is 0 Å². The van der Waals surface area contributed by atoms with Gasteiger partial charge in [0, 0.05) is 19.3 Å². The summed E-state index contributed by atoms with van der Waals surface area (Å²) in [5.41, 5.74) is 0. The molecule has 0 aliphatic heterocycles. The number of carbonyl (C=O) groups excluding carboxylic acids is 3. The molecule has 0 N–H and O–H groups in total. The van der Waals surface area contributed by atoms with Crippen LogP contribution in [0.4, 0.5) is 0 Å². The molecule has 0 spiro atoms. The van der Waals surface area contributed by atoms with Crippen molar-refractivity contribution >= 4 is 17.9 Å². The van der Waals surface area contributed by atoms with Crippen LogP contribution < -0.4 is 0 Å². The Bertz CT molecular complexity index is 949. The number of ether oxygens (including phenoxy) is 3. The first-order valence-electron chi connectivity index (χ1n) is 28.4. The highest BCUT2D eigenvalue weighted by Gasteiger charge is 2.19. The Morgan fingerprint density at radius 2 is 0.524 bits per heavy atom. The normalized spacial score (nSPS) is 12.0. The third-order valence-electron chi connectivity index (χ3n) is 13.0. The van der Waals surface area contributed by atoms with Crippen molar-refractivity contribution in [3.63, 3.8) is 0 Å². The number of hydrogen-bond acceptors (Lipinski definition) is 6. The lowest BCUT2D eigenvalue weighted by Crippen LogP contribution is -2.30. The van der Waals surface area contributed by atoms with E-state index in [4.69, 9.17) is 14.2 Å². The topological polar surface area (TPSA) is 78.9 Å². The molecule has 0 fully saturated rings. The Morgan fingerprint density at radius 1 is 0.302 bits per heavy atom. The van der Waals surface area contributed by atoms with E-state index < -0.39 is 6.10 Å². The van der Waals surface area contributed by atoms with Crippen molar-refractivity contribution in [3.8, 4) is 0 Å². The zero-order valence-electron chi connectivity index (χ0n) is 43.0. The summed E-state index contributed by atoms with van der Waals surface area (Å²) in [7, 11) is 0. The highest BCUT2D eigenvalue weighted by Crippen LogP contribution is 2.18. The number of hydrogen-bond donors (Lipinski definition) is 0. The number of rotatable bonds is 52. The fourth-order valence-electron chi connectivity index (χ4n) is 8.75. The minimum absolute atomic E-state index is 0.0619. The highest BCUT2D eigenvalue weighted by atomic mass is 16.6. The maximum Gasteiger partial charge on any atom is 0.306 e. The van der Waals surface area contributed by atoms with Crippen molar-refractivity contribution in [2.24, 2.45) is 5.92 Å². The minimum Gasteiger partial charge on any atom is -0.462 e. The van der Waals surface area contributed by atoms with Crippen LogP contribution in [-0.2, 0) is 28.6 Å². The van der Waals surface area contributed by atoms with Gasteiger partial charge in [0.05, 0.1) is 0 Å². The molecule has 0 aromatic heterocycles. The summed E-state index contributed by atoms with van der Waals surface area (Å²) >= 11 is 0. The van der Waals surface area contributed by atoms with Crippen molar-refractivity contribution in [1.82, 2.24) is 0 Å². The summed E-state index contributed by atoms with van der Waals surface area (Å²) in [4.78, 5) is 38.1. The lowest BCUT2D eigenvalue weighted by atomic mass is 10.0. The molecule has 6 heteroatoms. The lowest BCUT2D eigenvalue weighted by molar-refractivity contribution is -0.167. The molecule has 0 bridgehead atoms. The second-order valence-electron chi connectivity index (χ2n) is 20.1. The van der Waals surface area contributed by atoms with Crippen molar-refractivity contribution in [2.45, 2.75) is 329 Å². The average Bonchev–Trinajstić information content (AvgIpc) is 3.27. The predicted octanol–water partition coefficient (Wildman–Crippen LogP) is 18.6. The van der Waals surface area contributed by atoms with Gasteiger partial charge in [0.25, 0.3) is 0 Å². The Kier molecular flexibility index (Phi) is 50.1. The van der Waals surface area contributed by atoms with Crippen LogP contribution in [0.1, 0.15) is 323 Å². The van der Waals surface area contributed by atoms with Gasteiger partial charge in [-0.25, -0.2) is 0 Å². The van der Waals surface area contributed by atoms with Gasteiger partial charge < -0.3 is 14.2 Å². The van der Waals surface area contributed by atoms with Gasteiger partial charge in [-0.2, -0.15) is 0 Å². The molecule has 0 aliphatic carbocycles. The summed E-state index contributed by atoms with van der Waals surface area (Å²) < 4.78 is 16.9. The summed E-state index contributed by atoms with van der Waals surface area (Å²) in [5, 5.41) is 0. The standard InChI is InChI=1S/C57H110O6/c1-5-7-9-11-13-15-17-19-20-21-25-28-32-36-40-44-48-55(58)61-51-54(63-57(60)50-46-42-38-34-30-23-18-16-14-12-10-8-6-2)52-62-56(59)49-45-41-37-33-29-26-22-24-27-31-35-39-43-47-53(3)4/h53-54H,5-52H2,1-4H3/t54-/m1/s1. The molecule has 0 rings (SSSR count). The van der Waals surface area contributed by atoms with Crippen LogP contribution >= 0.6 is 0 Å². The van der Waals surface area contributed by atoms with Crippen LogP contribution in [0, 0.1) is 5.92 Å². The molecule has 0 aliphatic rings. The third-order valence-corrected chi connectivity index (χ3v) is 13.0. The zero-order valence-corrected chi connectivity index (χ0v) is 43.0. The third kappa shape index (κ3) is 51.3. The van der Waals surface area contributed by atoms with Crippen LogP contribution in [0.15, 0.2) is 0 Å². The first-order chi connectivity index (χ1) is 30.9. The molecule has 0 heterocycles. The molecule has 0 amide bonds. The molecule has 0 aromatic carbocycles. The van der Waals surface area contributed by atoms with Gasteiger partial charge in [0.15, 0.2) is 6.10 Å². The van der Waals surface area contributed by atoms with Crippen molar-refractivity contribution in [2.75, 3.05) is 13.2 Å². The molecular formula is C57H110O6. The molecule has 1 atom stereocenters. The average molecular weight is 892 g/mol. The maximum atomic E-state index is 12.8. The van der Waals surface area contributed by atoms with Gasteiger partial charge in [-0.1, -0.05) is 285 Å². The molecule has 6 nitrogen and oxygen atoms in total. The predicted molar refractivity (Wildman–Crippen MR) is 270 cm³/mol. The molecule has 0 saturated heterocycles. The summed E-state index contributed by atoms with van der Waals surface area (Å²) in [6.45, 7) is 9.06. The zero-order chi connectivity index (χ0) is 45.9.